The number of ether oxygens (including phenoxy) is 1. The highest BCUT2D eigenvalue weighted by Crippen LogP contribution is 2.32. The predicted molar refractivity (Wildman–Crippen MR) is 109 cm³/mol. The number of carbonyl (C=O) groups excluding carboxylic acids is 1. The average Bonchev–Trinajstić information content (AvgIpc) is 2.72. The summed E-state index contributed by atoms with van der Waals surface area (Å²) in [6, 6.07) is 0. The highest BCUT2D eigenvalue weighted by atomic mass is 32.2. The van der Waals surface area contributed by atoms with Crippen molar-refractivity contribution in [1.82, 2.24) is 0 Å². The molecule has 0 fully saturated rings. The lowest BCUT2D eigenvalue weighted by Gasteiger charge is -2.10. The number of hydrogen-bond donors (Lipinski definition) is 0. The smallest absolute Gasteiger partial charge is 0.344 e. The number of carbonyl (C=O) groups is 1. The number of benzene rings is 1. The molecule has 0 aliphatic rings. The average molecular weight is 437 g/mol. The molecule has 166 valence electrons. The fourth-order valence-corrected chi connectivity index (χ4v) is 4.12. The Bertz CT molecular complexity index is 609. The zero-order chi connectivity index (χ0) is 21.6. The van der Waals surface area contributed by atoms with Crippen LogP contribution in [0.1, 0.15) is 94.3 Å². The molecular weight excluding hydrogens is 404 g/mol. The molecule has 0 saturated heterocycles. The number of unbranched alkanes of at least 4 members (excludes halogenated alkanes) is 11. The van der Waals surface area contributed by atoms with Crippen LogP contribution >= 0.6 is 11.8 Å². The molecule has 0 bridgehead atoms. The molecule has 1 aromatic rings. The van der Waals surface area contributed by atoms with Gasteiger partial charge in [0.2, 0.25) is 0 Å². The lowest BCUT2D eigenvalue weighted by atomic mass is 10.1. The van der Waals surface area contributed by atoms with Crippen molar-refractivity contribution in [2.24, 2.45) is 0 Å². The fourth-order valence-electron chi connectivity index (χ4n) is 3.14. The van der Waals surface area contributed by atoms with Gasteiger partial charge in [-0.25, -0.2) is 22.4 Å². The second-order valence-electron chi connectivity index (χ2n) is 7.19. The molecule has 0 aromatic heterocycles. The van der Waals surface area contributed by atoms with E-state index in [1.165, 1.54) is 51.4 Å². The molecule has 0 atom stereocenters. The third-order valence-electron chi connectivity index (χ3n) is 4.86. The first kappa shape index (κ1) is 25.8. The summed E-state index contributed by atoms with van der Waals surface area (Å²) in [6.45, 7) is 2.21. The lowest BCUT2D eigenvalue weighted by Crippen LogP contribution is -2.13. The van der Waals surface area contributed by atoms with E-state index in [1.54, 1.807) is 0 Å². The van der Waals surface area contributed by atoms with Gasteiger partial charge in [0.15, 0.2) is 23.3 Å². The zero-order valence-corrected chi connectivity index (χ0v) is 18.2. The molecular formula is C22H32F4O2S. The Morgan fingerprint density at radius 1 is 0.724 bits per heavy atom. The van der Waals surface area contributed by atoms with Crippen LogP contribution in [-0.4, -0.2) is 18.8 Å². The van der Waals surface area contributed by atoms with Crippen molar-refractivity contribution in [1.29, 1.82) is 0 Å². The first-order chi connectivity index (χ1) is 14.0. The maximum absolute atomic E-state index is 14.0. The third-order valence-corrected chi connectivity index (χ3v) is 6.00. The van der Waals surface area contributed by atoms with Gasteiger partial charge in [-0.2, -0.15) is 0 Å². The summed E-state index contributed by atoms with van der Waals surface area (Å²) in [4.78, 5) is 10.6. The number of hydrogen-bond acceptors (Lipinski definition) is 3. The van der Waals surface area contributed by atoms with Crippen LogP contribution in [0.4, 0.5) is 17.6 Å². The van der Waals surface area contributed by atoms with E-state index < -0.39 is 39.7 Å². The Morgan fingerprint density at radius 2 is 1.14 bits per heavy atom. The molecule has 0 radical (unpaired) electrons. The first-order valence-corrected chi connectivity index (χ1v) is 11.5. The number of halogens is 4. The van der Waals surface area contributed by atoms with E-state index in [0.29, 0.717) is 12.2 Å². The maximum Gasteiger partial charge on any atom is 0.344 e. The summed E-state index contributed by atoms with van der Waals surface area (Å²) < 4.78 is 60.1. The Balaban J connectivity index is 2.28. The van der Waals surface area contributed by atoms with Crippen LogP contribution in [-0.2, 0) is 4.74 Å². The molecule has 29 heavy (non-hydrogen) atoms. The van der Waals surface area contributed by atoms with E-state index in [-0.39, 0.29) is 0 Å². The molecule has 0 spiro atoms. The maximum atomic E-state index is 14.0. The molecule has 0 heterocycles. The van der Waals surface area contributed by atoms with Crippen molar-refractivity contribution in [2.45, 2.75) is 88.9 Å². The summed E-state index contributed by atoms with van der Waals surface area (Å²) in [5, 5.41) is 0. The van der Waals surface area contributed by atoms with Crippen molar-refractivity contribution in [3.8, 4) is 0 Å². The van der Waals surface area contributed by atoms with E-state index in [0.717, 1.165) is 38.1 Å². The van der Waals surface area contributed by atoms with E-state index in [4.69, 9.17) is 0 Å². The van der Waals surface area contributed by atoms with Crippen LogP contribution < -0.4 is 0 Å². The molecule has 0 saturated carbocycles. The van der Waals surface area contributed by atoms with Crippen molar-refractivity contribution in [3.05, 3.63) is 28.8 Å². The second-order valence-corrected chi connectivity index (χ2v) is 8.29. The molecule has 0 N–H and O–H groups in total. The van der Waals surface area contributed by atoms with E-state index in [1.807, 2.05) is 0 Å². The van der Waals surface area contributed by atoms with Crippen LogP contribution in [0.2, 0.25) is 0 Å². The Hall–Kier alpha value is -1.24. The second kappa shape index (κ2) is 14.7. The van der Waals surface area contributed by atoms with Crippen molar-refractivity contribution >= 4 is 17.7 Å². The number of thioether (sulfide) groups is 1. The van der Waals surface area contributed by atoms with Gasteiger partial charge >= 0.3 is 5.97 Å². The van der Waals surface area contributed by atoms with Gasteiger partial charge in [0, 0.05) is 0 Å². The number of rotatable bonds is 15. The highest BCUT2D eigenvalue weighted by molar-refractivity contribution is 7.99. The molecule has 1 rings (SSSR count). The van der Waals surface area contributed by atoms with Crippen molar-refractivity contribution in [2.75, 3.05) is 12.9 Å². The fraction of sp³-hybridized carbons (Fsp3) is 0.682. The van der Waals surface area contributed by atoms with Crippen LogP contribution in [0.5, 0.6) is 0 Å². The highest BCUT2D eigenvalue weighted by Gasteiger charge is 2.30. The standard InChI is InChI=1S/C22H32F4O2S/c1-3-4-5-6-7-8-9-10-11-12-13-14-15-29-21-19(25)17(23)16(22(27)28-2)18(24)20(21)26/h3-15H2,1-2H3. The van der Waals surface area contributed by atoms with Gasteiger partial charge in [0.25, 0.3) is 0 Å². The van der Waals surface area contributed by atoms with Gasteiger partial charge in [-0.05, 0) is 12.2 Å². The molecule has 7 heteroatoms. The largest absolute Gasteiger partial charge is 0.465 e. The van der Waals surface area contributed by atoms with Gasteiger partial charge < -0.3 is 4.74 Å². The first-order valence-electron chi connectivity index (χ1n) is 10.5. The molecule has 0 amide bonds. The summed E-state index contributed by atoms with van der Waals surface area (Å²) in [7, 11) is 0.882. The van der Waals surface area contributed by atoms with Gasteiger partial charge in [-0.3, -0.25) is 0 Å². The number of esters is 1. The Labute approximate surface area is 175 Å². The lowest BCUT2D eigenvalue weighted by molar-refractivity contribution is 0.0586. The van der Waals surface area contributed by atoms with Gasteiger partial charge in [0.1, 0.15) is 5.56 Å². The number of methoxy groups -OCH3 is 1. The predicted octanol–water partition coefficient (Wildman–Crippen LogP) is 7.82. The molecule has 2 nitrogen and oxygen atoms in total. The summed E-state index contributed by atoms with van der Waals surface area (Å²) in [5.74, 6) is -7.63. The summed E-state index contributed by atoms with van der Waals surface area (Å²) in [5.41, 5.74) is -1.34. The summed E-state index contributed by atoms with van der Waals surface area (Å²) >= 11 is 0.729. The minimum atomic E-state index is -1.71. The normalized spacial score (nSPS) is 11.1. The summed E-state index contributed by atoms with van der Waals surface area (Å²) in [6.07, 6.45) is 14.0. The van der Waals surface area contributed by atoms with Crippen LogP contribution in [0.3, 0.4) is 0 Å². The zero-order valence-electron chi connectivity index (χ0n) is 17.4. The van der Waals surface area contributed by atoms with Crippen LogP contribution in [0, 0.1) is 23.3 Å². The Morgan fingerprint density at radius 3 is 1.55 bits per heavy atom. The third kappa shape index (κ3) is 8.57. The van der Waals surface area contributed by atoms with Crippen molar-refractivity contribution < 1.29 is 27.1 Å². The molecule has 1 aromatic carbocycles. The molecule has 0 aliphatic heterocycles. The van der Waals surface area contributed by atoms with Gasteiger partial charge in [-0.15, -0.1) is 11.8 Å². The quantitative estimate of drug-likeness (QED) is 0.0921. The van der Waals surface area contributed by atoms with Gasteiger partial charge in [0.05, 0.1) is 12.0 Å². The minimum absolute atomic E-state index is 0.349. The van der Waals surface area contributed by atoms with E-state index in [2.05, 4.69) is 11.7 Å². The van der Waals surface area contributed by atoms with Crippen LogP contribution in [0.15, 0.2) is 4.90 Å². The van der Waals surface area contributed by atoms with Crippen molar-refractivity contribution in [3.63, 3.8) is 0 Å². The molecule has 0 aliphatic carbocycles. The monoisotopic (exact) mass is 436 g/mol. The van der Waals surface area contributed by atoms with E-state index in [9.17, 15) is 22.4 Å². The topological polar surface area (TPSA) is 26.3 Å². The van der Waals surface area contributed by atoms with Gasteiger partial charge in [-0.1, -0.05) is 77.6 Å². The minimum Gasteiger partial charge on any atom is -0.465 e. The van der Waals surface area contributed by atoms with Crippen LogP contribution in [0.25, 0.3) is 0 Å². The van der Waals surface area contributed by atoms with E-state index >= 15 is 0 Å². The molecule has 0 unspecified atom stereocenters. The SMILES string of the molecule is CCCCCCCCCCCCCCSc1c(F)c(F)c(C(=O)OC)c(F)c1F. The Kier molecular flexibility index (Phi) is 13.1.